The van der Waals surface area contributed by atoms with Gasteiger partial charge in [-0.2, -0.15) is 5.10 Å². The molecule has 158 valence electrons. The molecule has 7 heteroatoms. The van der Waals surface area contributed by atoms with Crippen LogP contribution >= 0.6 is 11.6 Å². The third kappa shape index (κ3) is 4.00. The standard InChI is InChI=1S/C25H20ClN5O/c1-32-21-12-5-9-18(13-21)23-22-24(29-20-11-6-10-19(26)14-20)27-16-28-25(22)31(30-23)15-17-7-3-2-4-8-17/h2-14,16H,15H2,1H3,(H,27,28,29). The van der Waals surface area contributed by atoms with Crippen molar-refractivity contribution in [2.75, 3.05) is 12.4 Å². The van der Waals surface area contributed by atoms with Gasteiger partial charge in [-0.25, -0.2) is 14.6 Å². The summed E-state index contributed by atoms with van der Waals surface area (Å²) in [4.78, 5) is 9.11. The highest BCUT2D eigenvalue weighted by atomic mass is 35.5. The summed E-state index contributed by atoms with van der Waals surface area (Å²) in [6.45, 7) is 0.592. The fourth-order valence-corrected chi connectivity index (χ4v) is 3.84. The van der Waals surface area contributed by atoms with Crippen molar-refractivity contribution in [2.45, 2.75) is 6.54 Å². The van der Waals surface area contributed by atoms with Gasteiger partial charge in [0.15, 0.2) is 5.65 Å². The van der Waals surface area contributed by atoms with E-state index in [1.807, 2.05) is 71.4 Å². The molecule has 0 radical (unpaired) electrons. The minimum atomic E-state index is 0.592. The number of aromatic nitrogens is 4. The summed E-state index contributed by atoms with van der Waals surface area (Å²) in [5, 5.41) is 9.80. The minimum absolute atomic E-state index is 0.592. The predicted molar refractivity (Wildman–Crippen MR) is 128 cm³/mol. The first-order valence-electron chi connectivity index (χ1n) is 10.1. The Balaban J connectivity index is 1.69. The minimum Gasteiger partial charge on any atom is -0.497 e. The van der Waals surface area contributed by atoms with Gasteiger partial charge in [0.2, 0.25) is 0 Å². The number of ether oxygens (including phenoxy) is 1. The Labute approximate surface area is 190 Å². The van der Waals surface area contributed by atoms with Crippen molar-refractivity contribution in [1.29, 1.82) is 0 Å². The van der Waals surface area contributed by atoms with Crippen molar-refractivity contribution >= 4 is 34.1 Å². The van der Waals surface area contributed by atoms with E-state index in [1.165, 1.54) is 0 Å². The Morgan fingerprint density at radius 1 is 0.938 bits per heavy atom. The van der Waals surface area contributed by atoms with E-state index >= 15 is 0 Å². The fourth-order valence-electron chi connectivity index (χ4n) is 3.64. The average molecular weight is 442 g/mol. The van der Waals surface area contributed by atoms with Crippen LogP contribution < -0.4 is 10.1 Å². The van der Waals surface area contributed by atoms with Gasteiger partial charge in [0.05, 0.1) is 19.0 Å². The van der Waals surface area contributed by atoms with Crippen molar-refractivity contribution in [3.8, 4) is 17.0 Å². The van der Waals surface area contributed by atoms with Crippen LogP contribution in [-0.2, 0) is 6.54 Å². The van der Waals surface area contributed by atoms with Gasteiger partial charge in [-0.3, -0.25) is 0 Å². The molecular formula is C25H20ClN5O. The van der Waals surface area contributed by atoms with E-state index in [-0.39, 0.29) is 0 Å². The summed E-state index contributed by atoms with van der Waals surface area (Å²) >= 11 is 6.18. The van der Waals surface area contributed by atoms with Crippen LogP contribution in [0, 0.1) is 0 Å². The average Bonchev–Trinajstić information content (AvgIpc) is 3.19. The van der Waals surface area contributed by atoms with E-state index in [4.69, 9.17) is 21.4 Å². The number of hydrogen-bond donors (Lipinski definition) is 1. The molecule has 3 aromatic carbocycles. The molecule has 0 amide bonds. The van der Waals surface area contributed by atoms with Gasteiger partial charge in [-0.15, -0.1) is 0 Å². The van der Waals surface area contributed by atoms with E-state index < -0.39 is 0 Å². The van der Waals surface area contributed by atoms with Crippen LogP contribution in [-0.4, -0.2) is 26.9 Å². The zero-order chi connectivity index (χ0) is 21.9. The Morgan fingerprint density at radius 2 is 1.78 bits per heavy atom. The molecule has 2 aromatic heterocycles. The largest absolute Gasteiger partial charge is 0.497 e. The third-order valence-corrected chi connectivity index (χ3v) is 5.37. The lowest BCUT2D eigenvalue weighted by Gasteiger charge is -2.08. The van der Waals surface area contributed by atoms with E-state index in [0.717, 1.165) is 39.3 Å². The molecule has 0 fully saturated rings. The Kier molecular flexibility index (Phi) is 5.44. The number of benzene rings is 3. The van der Waals surface area contributed by atoms with Gasteiger partial charge < -0.3 is 10.1 Å². The number of nitrogens with zero attached hydrogens (tertiary/aromatic N) is 4. The first kappa shape index (κ1) is 20.0. The molecular weight excluding hydrogens is 422 g/mol. The zero-order valence-electron chi connectivity index (χ0n) is 17.4. The number of halogens is 1. The van der Waals surface area contributed by atoms with E-state index in [0.29, 0.717) is 17.4 Å². The number of hydrogen-bond acceptors (Lipinski definition) is 5. The van der Waals surface area contributed by atoms with E-state index in [1.54, 1.807) is 13.4 Å². The predicted octanol–water partition coefficient (Wildman–Crippen LogP) is 5.95. The maximum Gasteiger partial charge on any atom is 0.164 e. The van der Waals surface area contributed by atoms with Gasteiger partial charge in [-0.1, -0.05) is 60.1 Å². The summed E-state index contributed by atoms with van der Waals surface area (Å²) in [7, 11) is 1.65. The van der Waals surface area contributed by atoms with Crippen LogP contribution in [0.15, 0.2) is 85.2 Å². The Bertz CT molecular complexity index is 1380. The molecule has 0 unspecified atom stereocenters. The molecule has 0 spiro atoms. The summed E-state index contributed by atoms with van der Waals surface area (Å²) < 4.78 is 7.34. The lowest BCUT2D eigenvalue weighted by Crippen LogP contribution is -2.03. The van der Waals surface area contributed by atoms with Crippen molar-refractivity contribution in [3.05, 3.63) is 95.8 Å². The highest BCUT2D eigenvalue weighted by molar-refractivity contribution is 6.30. The molecule has 5 aromatic rings. The van der Waals surface area contributed by atoms with Crippen LogP contribution in [0.4, 0.5) is 11.5 Å². The normalized spacial score (nSPS) is 10.9. The number of methoxy groups -OCH3 is 1. The molecule has 2 heterocycles. The Hall–Kier alpha value is -3.90. The molecule has 0 saturated carbocycles. The van der Waals surface area contributed by atoms with Gasteiger partial charge in [0.25, 0.3) is 0 Å². The second-order valence-corrected chi connectivity index (χ2v) is 7.72. The number of nitrogens with one attached hydrogen (secondary N) is 1. The lowest BCUT2D eigenvalue weighted by atomic mass is 10.1. The first-order valence-corrected chi connectivity index (χ1v) is 10.5. The van der Waals surface area contributed by atoms with Crippen LogP contribution in [0.1, 0.15) is 5.56 Å². The SMILES string of the molecule is COc1cccc(-c2nn(Cc3ccccc3)c3ncnc(Nc4cccc(Cl)c4)c23)c1. The Morgan fingerprint density at radius 3 is 2.59 bits per heavy atom. The van der Waals surface area contributed by atoms with Crippen molar-refractivity contribution in [1.82, 2.24) is 19.7 Å². The van der Waals surface area contributed by atoms with Gasteiger partial charge >= 0.3 is 0 Å². The maximum absolute atomic E-state index is 6.18. The number of fused-ring (bicyclic) bond motifs is 1. The zero-order valence-corrected chi connectivity index (χ0v) is 18.1. The second-order valence-electron chi connectivity index (χ2n) is 7.28. The molecule has 0 aliphatic rings. The topological polar surface area (TPSA) is 64.9 Å². The van der Waals surface area contributed by atoms with Crippen LogP contribution in [0.5, 0.6) is 5.75 Å². The molecule has 1 N–H and O–H groups in total. The number of anilines is 2. The van der Waals surface area contributed by atoms with Crippen LogP contribution in [0.25, 0.3) is 22.3 Å². The van der Waals surface area contributed by atoms with Crippen LogP contribution in [0.3, 0.4) is 0 Å². The molecule has 0 aliphatic carbocycles. The quantitative estimate of drug-likeness (QED) is 0.353. The molecule has 0 saturated heterocycles. The highest BCUT2D eigenvalue weighted by Crippen LogP contribution is 2.34. The van der Waals surface area contributed by atoms with Gasteiger partial charge in [0, 0.05) is 16.3 Å². The van der Waals surface area contributed by atoms with Gasteiger partial charge in [0.1, 0.15) is 23.6 Å². The van der Waals surface area contributed by atoms with E-state index in [9.17, 15) is 0 Å². The molecule has 6 nitrogen and oxygen atoms in total. The van der Waals surface area contributed by atoms with Gasteiger partial charge in [-0.05, 0) is 35.9 Å². The van der Waals surface area contributed by atoms with Crippen LogP contribution in [0.2, 0.25) is 5.02 Å². The second kappa shape index (κ2) is 8.69. The fraction of sp³-hybridized carbons (Fsp3) is 0.0800. The maximum atomic E-state index is 6.18. The highest BCUT2D eigenvalue weighted by Gasteiger charge is 2.19. The van der Waals surface area contributed by atoms with Crippen molar-refractivity contribution < 1.29 is 4.74 Å². The summed E-state index contributed by atoms with van der Waals surface area (Å²) in [6.07, 6.45) is 1.55. The lowest BCUT2D eigenvalue weighted by molar-refractivity contribution is 0.415. The summed E-state index contributed by atoms with van der Waals surface area (Å²) in [6, 6.07) is 25.5. The molecule has 0 atom stereocenters. The smallest absolute Gasteiger partial charge is 0.164 e. The molecule has 5 rings (SSSR count). The first-order chi connectivity index (χ1) is 15.7. The summed E-state index contributed by atoms with van der Waals surface area (Å²) in [5.41, 5.74) is 4.42. The van der Waals surface area contributed by atoms with E-state index in [2.05, 4.69) is 27.4 Å². The molecule has 0 bridgehead atoms. The van der Waals surface area contributed by atoms with Crippen molar-refractivity contribution in [3.63, 3.8) is 0 Å². The van der Waals surface area contributed by atoms with Crippen molar-refractivity contribution in [2.24, 2.45) is 0 Å². The third-order valence-electron chi connectivity index (χ3n) is 5.13. The number of rotatable bonds is 6. The molecule has 0 aliphatic heterocycles. The summed E-state index contributed by atoms with van der Waals surface area (Å²) in [5.74, 6) is 1.42. The monoisotopic (exact) mass is 441 g/mol. The molecule has 32 heavy (non-hydrogen) atoms.